The van der Waals surface area contributed by atoms with E-state index in [1.165, 1.54) is 0 Å². The lowest BCUT2D eigenvalue weighted by atomic mass is 10.1. The van der Waals surface area contributed by atoms with E-state index in [9.17, 15) is 5.11 Å². The number of hydrogen-bond donors (Lipinski definition) is 1. The van der Waals surface area contributed by atoms with Crippen LogP contribution >= 0.6 is 0 Å². The zero-order valence-corrected chi connectivity index (χ0v) is 8.73. The standard InChI is InChI=1S/C13H16O2/c1-3-5-13(14)11-6-8-12(9-7-11)15-10-4-2/h3-4,6-9,13-14H,1-2,5,10H2. The Bertz CT molecular complexity index is 314. The summed E-state index contributed by atoms with van der Waals surface area (Å²) in [5, 5.41) is 9.66. The highest BCUT2D eigenvalue weighted by molar-refractivity contribution is 5.28. The quantitative estimate of drug-likeness (QED) is 0.722. The summed E-state index contributed by atoms with van der Waals surface area (Å²) in [6, 6.07) is 7.38. The van der Waals surface area contributed by atoms with Gasteiger partial charge in [0.25, 0.3) is 0 Å². The first kappa shape index (κ1) is 11.5. The molecule has 1 aromatic carbocycles. The highest BCUT2D eigenvalue weighted by Gasteiger charge is 2.04. The third kappa shape index (κ3) is 3.60. The minimum Gasteiger partial charge on any atom is -0.490 e. The Labute approximate surface area is 90.5 Å². The molecule has 1 rings (SSSR count). The molecule has 0 bridgehead atoms. The molecule has 0 aromatic heterocycles. The van der Waals surface area contributed by atoms with Crippen LogP contribution in [0, 0.1) is 0 Å². The van der Waals surface area contributed by atoms with Gasteiger partial charge in [-0.25, -0.2) is 0 Å². The Kier molecular flexibility index (Phi) is 4.64. The molecule has 0 saturated heterocycles. The summed E-state index contributed by atoms with van der Waals surface area (Å²) >= 11 is 0. The largest absolute Gasteiger partial charge is 0.490 e. The monoisotopic (exact) mass is 204 g/mol. The molecule has 0 amide bonds. The minimum absolute atomic E-state index is 0.476. The molecule has 2 heteroatoms. The molecule has 0 aliphatic rings. The van der Waals surface area contributed by atoms with Crippen LogP contribution in [0.4, 0.5) is 0 Å². The zero-order valence-electron chi connectivity index (χ0n) is 8.73. The second kappa shape index (κ2) is 6.04. The van der Waals surface area contributed by atoms with Crippen LogP contribution < -0.4 is 4.74 Å². The van der Waals surface area contributed by atoms with Crippen molar-refractivity contribution in [2.24, 2.45) is 0 Å². The first-order valence-corrected chi connectivity index (χ1v) is 4.90. The fourth-order valence-electron chi connectivity index (χ4n) is 1.24. The van der Waals surface area contributed by atoms with Gasteiger partial charge < -0.3 is 9.84 Å². The number of ether oxygens (including phenoxy) is 1. The molecule has 15 heavy (non-hydrogen) atoms. The van der Waals surface area contributed by atoms with Crippen LogP contribution in [-0.2, 0) is 0 Å². The summed E-state index contributed by atoms with van der Waals surface area (Å²) in [5.41, 5.74) is 0.876. The lowest BCUT2D eigenvalue weighted by Gasteiger charge is -2.09. The topological polar surface area (TPSA) is 29.5 Å². The van der Waals surface area contributed by atoms with Crippen molar-refractivity contribution < 1.29 is 9.84 Å². The van der Waals surface area contributed by atoms with E-state index in [1.807, 2.05) is 24.3 Å². The molecule has 80 valence electrons. The first-order valence-electron chi connectivity index (χ1n) is 4.90. The molecule has 0 saturated carbocycles. The van der Waals surface area contributed by atoms with Crippen LogP contribution in [0.3, 0.4) is 0 Å². The van der Waals surface area contributed by atoms with Gasteiger partial charge in [-0.15, -0.1) is 6.58 Å². The van der Waals surface area contributed by atoms with Crippen molar-refractivity contribution in [3.8, 4) is 5.75 Å². The number of rotatable bonds is 6. The van der Waals surface area contributed by atoms with Gasteiger partial charge in [0, 0.05) is 0 Å². The van der Waals surface area contributed by atoms with Crippen molar-refractivity contribution in [2.45, 2.75) is 12.5 Å². The van der Waals surface area contributed by atoms with Crippen molar-refractivity contribution in [3.63, 3.8) is 0 Å². The molecule has 1 N–H and O–H groups in total. The molecule has 2 nitrogen and oxygen atoms in total. The predicted molar refractivity (Wildman–Crippen MR) is 61.9 cm³/mol. The minimum atomic E-state index is -0.476. The summed E-state index contributed by atoms with van der Waals surface area (Å²) in [6.07, 6.45) is 3.48. The van der Waals surface area contributed by atoms with Crippen LogP contribution in [0.15, 0.2) is 49.6 Å². The highest BCUT2D eigenvalue weighted by atomic mass is 16.5. The van der Waals surface area contributed by atoms with Gasteiger partial charge in [0.1, 0.15) is 12.4 Å². The zero-order chi connectivity index (χ0) is 11.1. The van der Waals surface area contributed by atoms with Gasteiger partial charge in [0.2, 0.25) is 0 Å². The van der Waals surface area contributed by atoms with Gasteiger partial charge in [-0.1, -0.05) is 30.9 Å². The lowest BCUT2D eigenvalue weighted by molar-refractivity contribution is 0.181. The van der Waals surface area contributed by atoms with Gasteiger partial charge in [0.05, 0.1) is 6.10 Å². The Morgan fingerprint density at radius 2 is 1.87 bits per heavy atom. The molecule has 0 radical (unpaired) electrons. The van der Waals surface area contributed by atoms with E-state index in [2.05, 4.69) is 13.2 Å². The Balaban J connectivity index is 2.62. The van der Waals surface area contributed by atoms with Crippen molar-refractivity contribution in [2.75, 3.05) is 6.61 Å². The Morgan fingerprint density at radius 3 is 2.40 bits per heavy atom. The SMILES string of the molecule is C=CCOc1ccc(C(O)CC=C)cc1. The normalized spacial score (nSPS) is 11.8. The van der Waals surface area contributed by atoms with E-state index >= 15 is 0 Å². The number of hydrogen-bond acceptors (Lipinski definition) is 2. The number of aliphatic hydroxyl groups is 1. The maximum atomic E-state index is 9.66. The van der Waals surface area contributed by atoms with E-state index in [0.717, 1.165) is 11.3 Å². The molecular weight excluding hydrogens is 188 g/mol. The summed E-state index contributed by atoms with van der Waals surface area (Å²) in [7, 11) is 0. The van der Waals surface area contributed by atoms with Gasteiger partial charge in [0.15, 0.2) is 0 Å². The van der Waals surface area contributed by atoms with Crippen LogP contribution in [0.5, 0.6) is 5.75 Å². The maximum Gasteiger partial charge on any atom is 0.119 e. The van der Waals surface area contributed by atoms with Gasteiger partial charge in [-0.2, -0.15) is 0 Å². The van der Waals surface area contributed by atoms with E-state index in [0.29, 0.717) is 13.0 Å². The molecule has 1 aromatic rings. The average molecular weight is 204 g/mol. The van der Waals surface area contributed by atoms with E-state index in [4.69, 9.17) is 4.74 Å². The van der Waals surface area contributed by atoms with Crippen molar-refractivity contribution >= 4 is 0 Å². The highest BCUT2D eigenvalue weighted by Crippen LogP contribution is 2.20. The fourth-order valence-corrected chi connectivity index (χ4v) is 1.24. The number of benzene rings is 1. The van der Waals surface area contributed by atoms with Crippen molar-refractivity contribution in [1.29, 1.82) is 0 Å². The molecule has 1 atom stereocenters. The fraction of sp³-hybridized carbons (Fsp3) is 0.231. The predicted octanol–water partition coefficient (Wildman–Crippen LogP) is 2.86. The lowest BCUT2D eigenvalue weighted by Crippen LogP contribution is -1.96. The molecule has 0 aliphatic heterocycles. The first-order chi connectivity index (χ1) is 7.27. The molecule has 0 aliphatic carbocycles. The second-order valence-electron chi connectivity index (χ2n) is 3.21. The maximum absolute atomic E-state index is 9.66. The smallest absolute Gasteiger partial charge is 0.119 e. The Hall–Kier alpha value is -1.54. The van der Waals surface area contributed by atoms with Crippen molar-refractivity contribution in [3.05, 3.63) is 55.1 Å². The van der Waals surface area contributed by atoms with E-state index in [1.54, 1.807) is 12.2 Å². The summed E-state index contributed by atoms with van der Waals surface area (Å²) in [6.45, 7) is 7.65. The molecule has 0 spiro atoms. The Morgan fingerprint density at radius 1 is 1.20 bits per heavy atom. The third-order valence-electron chi connectivity index (χ3n) is 2.02. The summed E-state index contributed by atoms with van der Waals surface area (Å²) in [4.78, 5) is 0. The van der Waals surface area contributed by atoms with Crippen LogP contribution in [0.25, 0.3) is 0 Å². The third-order valence-corrected chi connectivity index (χ3v) is 2.02. The average Bonchev–Trinajstić information content (AvgIpc) is 2.27. The van der Waals surface area contributed by atoms with E-state index < -0.39 is 6.10 Å². The molecule has 1 unspecified atom stereocenters. The summed E-state index contributed by atoms with van der Waals surface area (Å²) < 4.78 is 5.33. The van der Waals surface area contributed by atoms with Crippen LogP contribution in [0.1, 0.15) is 18.1 Å². The van der Waals surface area contributed by atoms with Crippen LogP contribution in [-0.4, -0.2) is 11.7 Å². The van der Waals surface area contributed by atoms with Crippen LogP contribution in [0.2, 0.25) is 0 Å². The molecular formula is C13H16O2. The summed E-state index contributed by atoms with van der Waals surface area (Å²) in [5.74, 6) is 0.782. The number of aliphatic hydroxyl groups excluding tert-OH is 1. The molecule has 0 fully saturated rings. The van der Waals surface area contributed by atoms with Crippen molar-refractivity contribution in [1.82, 2.24) is 0 Å². The van der Waals surface area contributed by atoms with Gasteiger partial charge in [-0.05, 0) is 24.1 Å². The molecule has 0 heterocycles. The van der Waals surface area contributed by atoms with Gasteiger partial charge in [-0.3, -0.25) is 0 Å². The van der Waals surface area contributed by atoms with Gasteiger partial charge >= 0.3 is 0 Å². The van der Waals surface area contributed by atoms with E-state index in [-0.39, 0.29) is 0 Å². The second-order valence-corrected chi connectivity index (χ2v) is 3.21.